The van der Waals surface area contributed by atoms with Crippen molar-refractivity contribution in [2.75, 3.05) is 11.9 Å². The fraction of sp³-hybridized carbons (Fsp3) is 0.120. The highest BCUT2D eigenvalue weighted by atomic mass is 79.9. The van der Waals surface area contributed by atoms with E-state index in [1.165, 1.54) is 24.3 Å². The van der Waals surface area contributed by atoms with Gasteiger partial charge in [0.2, 0.25) is 5.75 Å². The molecule has 0 aliphatic rings. The molecule has 0 bridgehead atoms. The number of nitro benzene ring substituents is 1. The second-order valence-corrected chi connectivity index (χ2v) is 8.16. The lowest BCUT2D eigenvalue weighted by atomic mass is 10.1. The predicted octanol–water partition coefficient (Wildman–Crippen LogP) is 7.11. The van der Waals surface area contributed by atoms with Crippen molar-refractivity contribution < 1.29 is 32.4 Å². The first-order chi connectivity index (χ1) is 17.5. The van der Waals surface area contributed by atoms with Gasteiger partial charge in [-0.25, -0.2) is 0 Å². The second kappa shape index (κ2) is 11.6. The van der Waals surface area contributed by atoms with Crippen molar-refractivity contribution in [3.63, 3.8) is 0 Å². The third-order valence-electron chi connectivity index (χ3n) is 4.76. The van der Waals surface area contributed by atoms with Gasteiger partial charge in [-0.3, -0.25) is 14.9 Å². The molecule has 0 heterocycles. The minimum absolute atomic E-state index is 0.0670. The quantitative estimate of drug-likeness (QED) is 0.132. The Hall–Kier alpha value is -4.37. The summed E-state index contributed by atoms with van der Waals surface area (Å²) in [5, 5.41) is 23.3. The number of nitro groups is 1. The number of hydrogen-bond acceptors (Lipinski definition) is 6. The van der Waals surface area contributed by atoms with Gasteiger partial charge in [-0.15, -0.1) is 0 Å². The van der Waals surface area contributed by atoms with E-state index in [1.54, 1.807) is 24.3 Å². The van der Waals surface area contributed by atoms with Crippen LogP contribution in [0.4, 0.5) is 24.5 Å². The van der Waals surface area contributed by atoms with E-state index < -0.39 is 34.0 Å². The molecule has 0 saturated heterocycles. The van der Waals surface area contributed by atoms with Crippen molar-refractivity contribution in [2.45, 2.75) is 13.1 Å². The van der Waals surface area contributed by atoms with Crippen molar-refractivity contribution in [2.24, 2.45) is 0 Å². The van der Waals surface area contributed by atoms with Gasteiger partial charge in [-0.05, 0) is 83.0 Å². The van der Waals surface area contributed by atoms with E-state index in [4.69, 9.17) is 9.47 Å². The molecule has 12 heteroatoms. The van der Waals surface area contributed by atoms with Crippen molar-refractivity contribution in [1.82, 2.24) is 0 Å². The van der Waals surface area contributed by atoms with Crippen molar-refractivity contribution in [3.8, 4) is 23.3 Å². The predicted molar refractivity (Wildman–Crippen MR) is 132 cm³/mol. The summed E-state index contributed by atoms with van der Waals surface area (Å²) < 4.78 is 49.9. The van der Waals surface area contributed by atoms with E-state index in [0.717, 1.165) is 6.07 Å². The van der Waals surface area contributed by atoms with Gasteiger partial charge in [0.05, 0.1) is 21.6 Å². The molecule has 0 spiro atoms. The fourth-order valence-corrected chi connectivity index (χ4v) is 3.52. The number of carbonyl (C=O) groups excluding carboxylic acids is 1. The molecule has 0 unspecified atom stereocenters. The Morgan fingerprint density at radius 3 is 2.38 bits per heavy atom. The van der Waals surface area contributed by atoms with Gasteiger partial charge in [-0.2, -0.15) is 18.4 Å². The molecule has 0 aliphatic heterocycles. The lowest BCUT2D eigenvalue weighted by Crippen LogP contribution is -2.13. The van der Waals surface area contributed by atoms with Crippen LogP contribution in [0.3, 0.4) is 0 Å². The van der Waals surface area contributed by atoms with Crippen LogP contribution in [0.2, 0.25) is 0 Å². The average molecular weight is 576 g/mol. The van der Waals surface area contributed by atoms with E-state index in [9.17, 15) is 33.3 Å². The number of benzene rings is 3. The maximum absolute atomic E-state index is 12.9. The van der Waals surface area contributed by atoms with Crippen LogP contribution in [0.15, 0.2) is 70.7 Å². The standard InChI is InChI=1S/C25H17BrF3N3O5/c1-2-36-19-7-5-18(6-8-19)31-24(33)16(14-30)11-15-3-9-22(20(26)12-15)37-23-10-4-17(25(27,28)29)13-21(23)32(34)35/h3-13H,2H2,1H3,(H,31,33)/b16-11+. The topological polar surface area (TPSA) is 114 Å². The molecule has 1 N–H and O–H groups in total. The summed E-state index contributed by atoms with van der Waals surface area (Å²) in [4.78, 5) is 22.9. The molecule has 3 rings (SSSR count). The summed E-state index contributed by atoms with van der Waals surface area (Å²) in [5.41, 5.74) is -1.37. The SMILES string of the molecule is CCOc1ccc(NC(=O)/C(C#N)=C/c2ccc(Oc3ccc(C(F)(F)F)cc3[N+](=O)[O-])c(Br)c2)cc1. The van der Waals surface area contributed by atoms with Gasteiger partial charge < -0.3 is 14.8 Å². The van der Waals surface area contributed by atoms with E-state index in [1.807, 2.05) is 13.0 Å². The molecule has 0 atom stereocenters. The average Bonchev–Trinajstić information content (AvgIpc) is 2.84. The van der Waals surface area contributed by atoms with Gasteiger partial charge in [0.1, 0.15) is 23.1 Å². The zero-order valence-electron chi connectivity index (χ0n) is 19.0. The largest absolute Gasteiger partial charge is 0.494 e. The molecule has 0 fully saturated rings. The Labute approximate surface area is 217 Å². The van der Waals surface area contributed by atoms with Crippen LogP contribution in [0, 0.1) is 21.4 Å². The van der Waals surface area contributed by atoms with Crippen molar-refractivity contribution >= 4 is 39.3 Å². The smallest absolute Gasteiger partial charge is 0.416 e. The summed E-state index contributed by atoms with van der Waals surface area (Å²) in [7, 11) is 0. The van der Waals surface area contributed by atoms with Crippen LogP contribution in [-0.4, -0.2) is 17.4 Å². The number of ether oxygens (including phenoxy) is 2. The van der Waals surface area contributed by atoms with E-state index in [-0.39, 0.29) is 15.8 Å². The summed E-state index contributed by atoms with van der Waals surface area (Å²) in [6.45, 7) is 2.34. The Kier molecular flexibility index (Phi) is 8.52. The fourth-order valence-electron chi connectivity index (χ4n) is 3.05. The molecule has 0 radical (unpaired) electrons. The van der Waals surface area contributed by atoms with Crippen molar-refractivity contribution in [3.05, 3.63) is 92.0 Å². The third kappa shape index (κ3) is 7.08. The van der Waals surface area contributed by atoms with Gasteiger partial charge in [0.15, 0.2) is 0 Å². The third-order valence-corrected chi connectivity index (χ3v) is 5.38. The highest BCUT2D eigenvalue weighted by Gasteiger charge is 2.33. The molecule has 0 saturated carbocycles. The summed E-state index contributed by atoms with van der Waals surface area (Å²) in [5.74, 6) is -0.347. The first kappa shape index (κ1) is 27.2. The molecule has 8 nitrogen and oxygen atoms in total. The van der Waals surface area contributed by atoms with E-state index in [0.29, 0.717) is 35.7 Å². The molecular weight excluding hydrogens is 559 g/mol. The Balaban J connectivity index is 1.80. The number of nitrogens with zero attached hydrogens (tertiary/aromatic N) is 2. The highest BCUT2D eigenvalue weighted by Crippen LogP contribution is 2.39. The van der Waals surface area contributed by atoms with Crippen LogP contribution >= 0.6 is 15.9 Å². The summed E-state index contributed by atoms with van der Waals surface area (Å²) >= 11 is 3.24. The Morgan fingerprint density at radius 2 is 1.81 bits per heavy atom. The molecule has 0 aromatic heterocycles. The van der Waals surface area contributed by atoms with Crippen LogP contribution in [0.5, 0.6) is 17.2 Å². The maximum Gasteiger partial charge on any atom is 0.416 e. The highest BCUT2D eigenvalue weighted by molar-refractivity contribution is 9.10. The second-order valence-electron chi connectivity index (χ2n) is 7.31. The number of amides is 1. The normalized spacial score (nSPS) is 11.4. The molecule has 3 aromatic rings. The number of nitrogens with one attached hydrogen (secondary N) is 1. The minimum Gasteiger partial charge on any atom is -0.494 e. The number of carbonyl (C=O) groups is 1. The molecule has 1 amide bonds. The first-order valence-electron chi connectivity index (χ1n) is 10.5. The number of nitriles is 1. The maximum atomic E-state index is 12.9. The van der Waals surface area contributed by atoms with Crippen LogP contribution in [-0.2, 0) is 11.0 Å². The number of rotatable bonds is 8. The first-order valence-corrected chi connectivity index (χ1v) is 11.3. The van der Waals surface area contributed by atoms with E-state index >= 15 is 0 Å². The van der Waals surface area contributed by atoms with Gasteiger partial charge in [0.25, 0.3) is 5.91 Å². The summed E-state index contributed by atoms with van der Waals surface area (Å²) in [6, 6.07) is 14.7. The lowest BCUT2D eigenvalue weighted by Gasteiger charge is -2.11. The molecule has 3 aromatic carbocycles. The number of alkyl halides is 3. The van der Waals surface area contributed by atoms with Crippen LogP contribution in [0.1, 0.15) is 18.1 Å². The molecular formula is C25H17BrF3N3O5. The molecule has 37 heavy (non-hydrogen) atoms. The Morgan fingerprint density at radius 1 is 1.14 bits per heavy atom. The Bertz CT molecular complexity index is 1400. The van der Waals surface area contributed by atoms with Gasteiger partial charge in [-0.1, -0.05) is 6.07 Å². The monoisotopic (exact) mass is 575 g/mol. The van der Waals surface area contributed by atoms with Gasteiger partial charge in [0, 0.05) is 11.8 Å². The zero-order chi connectivity index (χ0) is 27.2. The number of hydrogen-bond donors (Lipinski definition) is 1. The lowest BCUT2D eigenvalue weighted by molar-refractivity contribution is -0.385. The summed E-state index contributed by atoms with van der Waals surface area (Å²) in [6.07, 6.45) is -3.44. The zero-order valence-corrected chi connectivity index (χ0v) is 20.6. The molecule has 0 aliphatic carbocycles. The van der Waals surface area contributed by atoms with E-state index in [2.05, 4.69) is 21.2 Å². The van der Waals surface area contributed by atoms with Crippen molar-refractivity contribution in [1.29, 1.82) is 5.26 Å². The number of anilines is 1. The van der Waals surface area contributed by atoms with Gasteiger partial charge >= 0.3 is 11.9 Å². The molecule has 190 valence electrons. The van der Waals surface area contributed by atoms with Crippen LogP contribution in [0.25, 0.3) is 6.08 Å². The minimum atomic E-state index is -4.75. The van der Waals surface area contributed by atoms with Crippen LogP contribution < -0.4 is 14.8 Å². The number of halogens is 4.